The van der Waals surface area contributed by atoms with E-state index in [4.69, 9.17) is 4.74 Å². The van der Waals surface area contributed by atoms with E-state index in [9.17, 15) is 5.26 Å². The maximum absolute atomic E-state index is 9.31. The van der Waals surface area contributed by atoms with Crippen LogP contribution >= 0.6 is 0 Å². The second-order valence-electron chi connectivity index (χ2n) is 7.57. The molecule has 0 unspecified atom stereocenters. The third kappa shape index (κ3) is 3.76. The highest BCUT2D eigenvalue weighted by atomic mass is 16.5. The Morgan fingerprint density at radius 3 is 2.83 bits per heavy atom. The van der Waals surface area contributed by atoms with Gasteiger partial charge in [-0.15, -0.1) is 0 Å². The first-order valence-corrected chi connectivity index (χ1v) is 9.91. The summed E-state index contributed by atoms with van der Waals surface area (Å²) in [5, 5.41) is 13.5. The van der Waals surface area contributed by atoms with Crippen molar-refractivity contribution in [2.45, 2.75) is 25.2 Å². The SMILES string of the molecule is N#Cc1cnc(C2CC2)nc1OC[C@H]1CCN(c2ccc(-n3cccn3)nc2)C1. The topological polar surface area (TPSA) is 92.8 Å². The Morgan fingerprint density at radius 1 is 1.17 bits per heavy atom. The van der Waals surface area contributed by atoms with E-state index in [0.717, 1.165) is 49.7 Å². The quantitative estimate of drug-likeness (QED) is 0.642. The van der Waals surface area contributed by atoms with Crippen molar-refractivity contribution >= 4 is 5.69 Å². The minimum absolute atomic E-state index is 0.381. The molecule has 8 nitrogen and oxygen atoms in total. The van der Waals surface area contributed by atoms with Crippen molar-refractivity contribution in [3.05, 3.63) is 54.4 Å². The summed E-state index contributed by atoms with van der Waals surface area (Å²) in [6.45, 7) is 2.40. The van der Waals surface area contributed by atoms with Crippen LogP contribution in [-0.4, -0.2) is 44.4 Å². The average molecular weight is 387 g/mol. The van der Waals surface area contributed by atoms with Gasteiger partial charge in [0, 0.05) is 37.3 Å². The normalized spacial score (nSPS) is 18.6. The third-order valence-corrected chi connectivity index (χ3v) is 5.41. The molecular weight excluding hydrogens is 366 g/mol. The maximum Gasteiger partial charge on any atom is 0.235 e. The molecule has 1 aliphatic carbocycles. The van der Waals surface area contributed by atoms with E-state index >= 15 is 0 Å². The van der Waals surface area contributed by atoms with E-state index in [1.165, 1.54) is 0 Å². The Morgan fingerprint density at radius 2 is 2.10 bits per heavy atom. The molecule has 1 aliphatic heterocycles. The Balaban J connectivity index is 1.21. The van der Waals surface area contributed by atoms with Gasteiger partial charge in [-0.1, -0.05) is 0 Å². The van der Waals surface area contributed by atoms with Crippen molar-refractivity contribution in [1.29, 1.82) is 5.26 Å². The third-order valence-electron chi connectivity index (χ3n) is 5.41. The van der Waals surface area contributed by atoms with E-state index < -0.39 is 0 Å². The van der Waals surface area contributed by atoms with Crippen LogP contribution in [0.25, 0.3) is 5.82 Å². The number of ether oxygens (including phenoxy) is 1. The zero-order valence-electron chi connectivity index (χ0n) is 16.0. The zero-order chi connectivity index (χ0) is 19.6. The number of anilines is 1. The smallest absolute Gasteiger partial charge is 0.235 e. The summed E-state index contributed by atoms with van der Waals surface area (Å²) in [6, 6.07) is 8.07. The van der Waals surface area contributed by atoms with Crippen LogP contribution in [0.5, 0.6) is 5.88 Å². The van der Waals surface area contributed by atoms with E-state index in [1.54, 1.807) is 17.1 Å². The number of hydrogen-bond acceptors (Lipinski definition) is 7. The molecule has 0 amide bonds. The maximum atomic E-state index is 9.31. The monoisotopic (exact) mass is 387 g/mol. The predicted octanol–water partition coefficient (Wildman–Crippen LogP) is 2.71. The predicted molar refractivity (Wildman–Crippen MR) is 106 cm³/mol. The van der Waals surface area contributed by atoms with E-state index in [1.807, 2.05) is 24.5 Å². The number of nitriles is 1. The van der Waals surface area contributed by atoms with Gasteiger partial charge in [-0.05, 0) is 37.5 Å². The number of rotatable bonds is 6. The van der Waals surface area contributed by atoms with Crippen LogP contribution in [0.4, 0.5) is 5.69 Å². The molecule has 4 heterocycles. The minimum atomic E-state index is 0.381. The molecule has 1 atom stereocenters. The van der Waals surface area contributed by atoms with Gasteiger partial charge in [-0.2, -0.15) is 15.3 Å². The molecule has 3 aromatic rings. The summed E-state index contributed by atoms with van der Waals surface area (Å²) in [5.41, 5.74) is 1.50. The van der Waals surface area contributed by atoms with Gasteiger partial charge in [-0.25, -0.2) is 14.6 Å². The van der Waals surface area contributed by atoms with Gasteiger partial charge in [0.15, 0.2) is 5.82 Å². The van der Waals surface area contributed by atoms with Crippen LogP contribution in [-0.2, 0) is 0 Å². The van der Waals surface area contributed by atoms with Crippen molar-refractivity contribution in [3.63, 3.8) is 0 Å². The first-order chi connectivity index (χ1) is 14.3. The number of hydrogen-bond donors (Lipinski definition) is 0. The van der Waals surface area contributed by atoms with Gasteiger partial charge < -0.3 is 9.64 Å². The van der Waals surface area contributed by atoms with Gasteiger partial charge >= 0.3 is 0 Å². The molecule has 0 N–H and O–H groups in total. The van der Waals surface area contributed by atoms with Crippen LogP contribution in [0, 0.1) is 17.2 Å². The molecule has 0 radical (unpaired) electrons. The van der Waals surface area contributed by atoms with Crippen molar-refractivity contribution < 1.29 is 4.74 Å². The Kier molecular flexibility index (Phi) is 4.56. The molecule has 0 spiro atoms. The lowest BCUT2D eigenvalue weighted by atomic mass is 10.1. The van der Waals surface area contributed by atoms with Crippen molar-refractivity contribution in [3.8, 4) is 17.8 Å². The van der Waals surface area contributed by atoms with Gasteiger partial charge in [0.1, 0.15) is 17.5 Å². The molecule has 1 saturated carbocycles. The summed E-state index contributed by atoms with van der Waals surface area (Å²) in [7, 11) is 0. The van der Waals surface area contributed by atoms with Crippen LogP contribution in [0.2, 0.25) is 0 Å². The molecule has 0 aromatic carbocycles. The van der Waals surface area contributed by atoms with E-state index in [-0.39, 0.29) is 0 Å². The largest absolute Gasteiger partial charge is 0.476 e. The van der Waals surface area contributed by atoms with Crippen LogP contribution in [0.3, 0.4) is 0 Å². The lowest BCUT2D eigenvalue weighted by molar-refractivity contribution is 0.250. The summed E-state index contributed by atoms with van der Waals surface area (Å²) in [5.74, 6) is 2.84. The highest BCUT2D eigenvalue weighted by Crippen LogP contribution is 2.38. The van der Waals surface area contributed by atoms with Crippen LogP contribution < -0.4 is 9.64 Å². The second-order valence-corrected chi connectivity index (χ2v) is 7.57. The van der Waals surface area contributed by atoms with Gasteiger partial charge in [0.2, 0.25) is 5.88 Å². The highest BCUT2D eigenvalue weighted by Gasteiger charge is 2.28. The van der Waals surface area contributed by atoms with Crippen LogP contribution in [0.1, 0.15) is 36.6 Å². The van der Waals surface area contributed by atoms with Crippen molar-refractivity contribution in [1.82, 2.24) is 24.7 Å². The molecule has 8 heteroatoms. The van der Waals surface area contributed by atoms with Crippen LogP contribution in [0.15, 0.2) is 43.0 Å². The highest BCUT2D eigenvalue weighted by molar-refractivity contribution is 5.47. The summed E-state index contributed by atoms with van der Waals surface area (Å²) in [6.07, 6.45) is 10.4. The van der Waals surface area contributed by atoms with Gasteiger partial charge in [0.25, 0.3) is 0 Å². The van der Waals surface area contributed by atoms with Crippen molar-refractivity contribution in [2.24, 2.45) is 5.92 Å². The Labute approximate surface area is 168 Å². The minimum Gasteiger partial charge on any atom is -0.476 e. The molecule has 3 aromatic heterocycles. The lowest BCUT2D eigenvalue weighted by Crippen LogP contribution is -2.22. The molecule has 2 aliphatic rings. The van der Waals surface area contributed by atoms with E-state index in [0.29, 0.717) is 29.9 Å². The van der Waals surface area contributed by atoms with Gasteiger partial charge in [0.05, 0.1) is 24.7 Å². The number of aromatic nitrogens is 5. The standard InChI is InChI=1S/C21H21N7O/c22-10-17-11-24-20(16-2-3-16)26-21(17)29-14-15-6-9-27(13-15)18-4-5-19(23-12-18)28-8-1-7-25-28/h1,4-5,7-8,11-12,15-16H,2-3,6,9,13-14H2/t15-/m0/s1. The fraction of sp³-hybridized carbons (Fsp3) is 0.381. The second kappa shape index (κ2) is 7.51. The molecule has 0 bridgehead atoms. The van der Waals surface area contributed by atoms with Crippen molar-refractivity contribution in [2.75, 3.05) is 24.6 Å². The van der Waals surface area contributed by atoms with Gasteiger partial charge in [-0.3, -0.25) is 0 Å². The zero-order valence-corrected chi connectivity index (χ0v) is 16.0. The summed E-state index contributed by atoms with van der Waals surface area (Å²) in [4.78, 5) is 15.6. The lowest BCUT2D eigenvalue weighted by Gasteiger charge is -2.19. The summed E-state index contributed by atoms with van der Waals surface area (Å²) < 4.78 is 7.70. The molecular formula is C21H21N7O. The molecule has 2 fully saturated rings. The first-order valence-electron chi connectivity index (χ1n) is 9.91. The number of nitrogens with zero attached hydrogens (tertiary/aromatic N) is 7. The molecule has 1 saturated heterocycles. The molecule has 29 heavy (non-hydrogen) atoms. The summed E-state index contributed by atoms with van der Waals surface area (Å²) >= 11 is 0. The number of pyridine rings is 1. The fourth-order valence-corrected chi connectivity index (χ4v) is 3.61. The fourth-order valence-electron chi connectivity index (χ4n) is 3.61. The van der Waals surface area contributed by atoms with E-state index in [2.05, 4.69) is 37.1 Å². The average Bonchev–Trinajstić information content (AvgIpc) is 3.26. The molecule has 5 rings (SSSR count). The molecule has 146 valence electrons. The first kappa shape index (κ1) is 17.6. The Hall–Kier alpha value is -3.47. The Bertz CT molecular complexity index is 1020.